The van der Waals surface area contributed by atoms with Crippen molar-refractivity contribution in [1.29, 1.82) is 0 Å². The molecule has 0 aliphatic heterocycles. The summed E-state index contributed by atoms with van der Waals surface area (Å²) in [6.07, 6.45) is 88.2. The summed E-state index contributed by atoms with van der Waals surface area (Å²) in [5.74, 6) is -2.26. The van der Waals surface area contributed by atoms with Gasteiger partial charge in [0.25, 0.3) is 0 Å². The van der Waals surface area contributed by atoms with Gasteiger partial charge in [0, 0.05) is 12.8 Å². The molecule has 0 spiro atoms. The number of esters is 2. The standard InChI is InChI=1S/C77H137NO8/c1-6-8-10-12-14-16-18-20-22-24-26-28-29-30-31-32-33-34-35-36-37-38-39-40-41-42-43-44-45-46-47-48-50-52-54-56-58-60-62-64-66-68-75(80)86-73(72-85-77(76(81)82)83-70-69-78(3,4)5)71-84-74(79)67-65-63-61-59-57-55-53-51-49-27-25-23-21-19-17-15-13-11-9-7-2/h8,10,14,16,20,22,26,28,30-31,33-34,36-37,73,77H,6-7,9,11-13,15,17-19,21,23-25,27,29,32,35,38-72H2,1-5H3/b10-8-,16-14-,22-20-,28-26-,31-30-,34-33-,37-36-. The zero-order chi connectivity index (χ0) is 62.6. The molecule has 2 atom stereocenters. The number of allylic oxidation sites excluding steroid dienone is 14. The second-order valence-electron chi connectivity index (χ2n) is 25.5. The first-order valence-electron chi connectivity index (χ1n) is 36.2. The molecule has 9 heteroatoms. The van der Waals surface area contributed by atoms with Crippen molar-refractivity contribution >= 4 is 17.9 Å². The average Bonchev–Trinajstić information content (AvgIpc) is 3.63. The van der Waals surface area contributed by atoms with Crippen LogP contribution in [0.25, 0.3) is 0 Å². The van der Waals surface area contributed by atoms with Gasteiger partial charge in [0.15, 0.2) is 12.4 Å². The number of ether oxygens (including phenoxy) is 4. The molecular formula is C77H137NO8. The second-order valence-corrected chi connectivity index (χ2v) is 25.5. The molecule has 0 radical (unpaired) electrons. The van der Waals surface area contributed by atoms with E-state index in [0.717, 1.165) is 77.0 Å². The Morgan fingerprint density at radius 2 is 0.663 bits per heavy atom. The summed E-state index contributed by atoms with van der Waals surface area (Å²) in [6.45, 7) is 4.68. The van der Waals surface area contributed by atoms with E-state index in [-0.39, 0.29) is 32.2 Å². The van der Waals surface area contributed by atoms with E-state index in [9.17, 15) is 19.5 Å². The molecule has 0 aromatic rings. The Morgan fingerprint density at radius 1 is 0.360 bits per heavy atom. The highest BCUT2D eigenvalue weighted by Gasteiger charge is 2.22. The fourth-order valence-corrected chi connectivity index (χ4v) is 10.4. The summed E-state index contributed by atoms with van der Waals surface area (Å²) in [5.41, 5.74) is 0. The Balaban J connectivity index is 4.00. The minimum atomic E-state index is -1.62. The monoisotopic (exact) mass is 1200 g/mol. The Bertz CT molecular complexity index is 1690. The molecule has 0 fully saturated rings. The van der Waals surface area contributed by atoms with Crippen LogP contribution in [0.1, 0.15) is 328 Å². The second kappa shape index (κ2) is 67.4. The lowest BCUT2D eigenvalue weighted by atomic mass is 10.0. The summed E-state index contributed by atoms with van der Waals surface area (Å²) in [5, 5.41) is 11.8. The lowest BCUT2D eigenvalue weighted by Crippen LogP contribution is -2.44. The highest BCUT2D eigenvalue weighted by atomic mass is 16.7. The van der Waals surface area contributed by atoms with Gasteiger partial charge in [-0.15, -0.1) is 0 Å². The average molecular weight is 1200 g/mol. The molecule has 0 rings (SSSR count). The number of carbonyl (C=O) groups excluding carboxylic acids is 3. The molecule has 0 aliphatic carbocycles. The van der Waals surface area contributed by atoms with Gasteiger partial charge in [0.1, 0.15) is 13.2 Å². The fourth-order valence-electron chi connectivity index (χ4n) is 10.4. The predicted molar refractivity (Wildman–Crippen MR) is 366 cm³/mol. The molecule has 498 valence electrons. The van der Waals surface area contributed by atoms with Gasteiger partial charge in [-0.1, -0.05) is 330 Å². The van der Waals surface area contributed by atoms with Crippen molar-refractivity contribution in [3.63, 3.8) is 0 Å². The zero-order valence-corrected chi connectivity index (χ0v) is 56.9. The van der Waals surface area contributed by atoms with Crippen molar-refractivity contribution in [2.45, 2.75) is 341 Å². The number of likely N-dealkylation sites (N-methyl/N-ethyl adjacent to an activating group) is 1. The normalized spacial score (nSPS) is 13.2. The summed E-state index contributed by atoms with van der Waals surface area (Å²) in [7, 11) is 5.94. The smallest absolute Gasteiger partial charge is 0.306 e. The van der Waals surface area contributed by atoms with Gasteiger partial charge in [-0.25, -0.2) is 0 Å². The largest absolute Gasteiger partial charge is 0.545 e. The molecule has 0 saturated carbocycles. The molecule has 86 heavy (non-hydrogen) atoms. The molecule has 0 aliphatic rings. The maximum Gasteiger partial charge on any atom is 0.306 e. The molecule has 0 bridgehead atoms. The Kier molecular flexibility index (Phi) is 64.6. The topological polar surface area (TPSA) is 111 Å². The van der Waals surface area contributed by atoms with E-state index in [1.807, 2.05) is 21.1 Å². The van der Waals surface area contributed by atoms with E-state index in [4.69, 9.17) is 18.9 Å². The van der Waals surface area contributed by atoms with Gasteiger partial charge in [0.2, 0.25) is 0 Å². The molecule has 0 amide bonds. The highest BCUT2D eigenvalue weighted by Crippen LogP contribution is 2.18. The molecule has 9 nitrogen and oxygen atoms in total. The lowest BCUT2D eigenvalue weighted by Gasteiger charge is -2.26. The molecule has 0 N–H and O–H groups in total. The third-order valence-corrected chi connectivity index (χ3v) is 15.9. The number of unbranched alkanes of at least 4 members (excludes halogenated alkanes) is 38. The van der Waals surface area contributed by atoms with Crippen molar-refractivity contribution in [2.75, 3.05) is 47.5 Å². The number of carbonyl (C=O) groups is 3. The van der Waals surface area contributed by atoms with E-state index >= 15 is 0 Å². The Morgan fingerprint density at radius 3 is 0.988 bits per heavy atom. The quantitative estimate of drug-likeness (QED) is 0.0195. The molecule has 0 saturated heterocycles. The minimum absolute atomic E-state index is 0.149. The van der Waals surface area contributed by atoms with Crippen molar-refractivity contribution in [3.05, 3.63) is 85.1 Å². The van der Waals surface area contributed by atoms with Crippen molar-refractivity contribution in [2.24, 2.45) is 0 Å². The first-order chi connectivity index (χ1) is 42.1. The van der Waals surface area contributed by atoms with Crippen LogP contribution in [0.3, 0.4) is 0 Å². The van der Waals surface area contributed by atoms with Crippen LogP contribution >= 0.6 is 0 Å². The van der Waals surface area contributed by atoms with Gasteiger partial charge >= 0.3 is 11.9 Å². The summed E-state index contributed by atoms with van der Waals surface area (Å²) in [6, 6.07) is 0. The minimum Gasteiger partial charge on any atom is -0.545 e. The van der Waals surface area contributed by atoms with E-state index in [2.05, 4.69) is 98.9 Å². The lowest BCUT2D eigenvalue weighted by molar-refractivity contribution is -0.870. The maximum atomic E-state index is 12.9. The predicted octanol–water partition coefficient (Wildman–Crippen LogP) is 21.3. The highest BCUT2D eigenvalue weighted by molar-refractivity contribution is 5.70. The van der Waals surface area contributed by atoms with Gasteiger partial charge in [-0.3, -0.25) is 9.59 Å². The summed E-state index contributed by atoms with van der Waals surface area (Å²) >= 11 is 0. The number of nitrogens with zero attached hydrogens (tertiary/aromatic N) is 1. The van der Waals surface area contributed by atoms with Gasteiger partial charge in [-0.05, 0) is 70.6 Å². The van der Waals surface area contributed by atoms with Crippen molar-refractivity contribution in [3.8, 4) is 0 Å². The fraction of sp³-hybridized carbons (Fsp3) is 0.779. The van der Waals surface area contributed by atoms with Crippen LogP contribution in [-0.2, 0) is 33.3 Å². The number of carboxylic acids is 1. The van der Waals surface area contributed by atoms with Crippen LogP contribution in [-0.4, -0.2) is 82.3 Å². The molecular weight excluding hydrogens is 1070 g/mol. The maximum absolute atomic E-state index is 12.9. The number of carboxylic acid groups (broad SMARTS) is 1. The van der Waals surface area contributed by atoms with Gasteiger partial charge in [-0.2, -0.15) is 0 Å². The van der Waals surface area contributed by atoms with Crippen LogP contribution in [0.5, 0.6) is 0 Å². The van der Waals surface area contributed by atoms with E-state index in [1.54, 1.807) is 0 Å². The van der Waals surface area contributed by atoms with Crippen LogP contribution < -0.4 is 5.11 Å². The van der Waals surface area contributed by atoms with Crippen LogP contribution in [0.2, 0.25) is 0 Å². The third kappa shape index (κ3) is 68.0. The van der Waals surface area contributed by atoms with Crippen LogP contribution in [0.15, 0.2) is 85.1 Å². The van der Waals surface area contributed by atoms with E-state index < -0.39 is 24.3 Å². The van der Waals surface area contributed by atoms with Crippen LogP contribution in [0, 0.1) is 0 Å². The summed E-state index contributed by atoms with van der Waals surface area (Å²) < 4.78 is 22.8. The van der Waals surface area contributed by atoms with E-state index in [0.29, 0.717) is 23.9 Å². The van der Waals surface area contributed by atoms with Crippen molar-refractivity contribution in [1.82, 2.24) is 0 Å². The van der Waals surface area contributed by atoms with Gasteiger partial charge < -0.3 is 33.3 Å². The number of quaternary nitrogens is 1. The third-order valence-electron chi connectivity index (χ3n) is 15.9. The molecule has 2 unspecified atom stereocenters. The van der Waals surface area contributed by atoms with Crippen molar-refractivity contribution < 1.29 is 42.9 Å². The molecule has 0 aromatic heterocycles. The summed E-state index contributed by atoms with van der Waals surface area (Å²) in [4.78, 5) is 37.5. The number of hydrogen-bond donors (Lipinski definition) is 0. The number of hydrogen-bond acceptors (Lipinski definition) is 8. The first kappa shape index (κ1) is 82.5. The zero-order valence-electron chi connectivity index (χ0n) is 56.9. The van der Waals surface area contributed by atoms with Gasteiger partial charge in [0.05, 0.1) is 40.3 Å². The number of rotatable bonds is 67. The van der Waals surface area contributed by atoms with Crippen LogP contribution in [0.4, 0.5) is 0 Å². The Labute approximate surface area is 531 Å². The first-order valence-corrected chi connectivity index (χ1v) is 36.2. The van der Waals surface area contributed by atoms with E-state index in [1.165, 1.54) is 218 Å². The number of aliphatic carboxylic acids is 1. The molecule has 0 aromatic carbocycles. The SMILES string of the molecule is CC/C=C\C/C=C\C/C=C\C/C=C\C/C=C\C/C=C\C/C=C\CCCCCCCCCCCCCCCCCCCCCC(=O)OC(COC(=O)CCCCCCCCCCCCCCCCCCCCCC)COC(OCC[N+](C)(C)C)C(=O)[O-]. The molecule has 0 heterocycles. The Hall–Kier alpha value is -3.53.